The highest BCUT2D eigenvalue weighted by atomic mass is 32.2. The van der Waals surface area contributed by atoms with E-state index in [4.69, 9.17) is 0 Å². The quantitative estimate of drug-likeness (QED) is 0.754. The van der Waals surface area contributed by atoms with Crippen molar-refractivity contribution < 1.29 is 13.2 Å². The third-order valence-corrected chi connectivity index (χ3v) is 8.73. The summed E-state index contributed by atoms with van der Waals surface area (Å²) in [6.45, 7) is 2.15. The lowest BCUT2D eigenvalue weighted by Crippen LogP contribution is -2.49. The number of sulfonamides is 1. The van der Waals surface area contributed by atoms with Crippen LogP contribution in [-0.2, 0) is 21.2 Å². The minimum atomic E-state index is -3.36. The molecule has 1 saturated carbocycles. The molecule has 0 spiro atoms. The number of benzene rings is 1. The van der Waals surface area contributed by atoms with Gasteiger partial charge in [0.2, 0.25) is 15.9 Å². The van der Waals surface area contributed by atoms with Crippen LogP contribution < -0.4 is 0 Å². The van der Waals surface area contributed by atoms with Gasteiger partial charge in [0.15, 0.2) is 0 Å². The summed E-state index contributed by atoms with van der Waals surface area (Å²) in [4.78, 5) is 15.4. The van der Waals surface area contributed by atoms with Crippen LogP contribution in [0.1, 0.15) is 63.4 Å². The number of fused-ring (bicyclic) bond motifs is 1. The van der Waals surface area contributed by atoms with Crippen LogP contribution in [-0.4, -0.2) is 49.2 Å². The maximum Gasteiger partial charge on any atom is 0.243 e. The second-order valence-corrected chi connectivity index (χ2v) is 10.5. The molecule has 2 saturated heterocycles. The number of carbonyl (C=O) groups excluding carboxylic acids is 1. The summed E-state index contributed by atoms with van der Waals surface area (Å²) in [5.74, 6) is 0.979. The average molecular weight is 405 g/mol. The summed E-state index contributed by atoms with van der Waals surface area (Å²) in [7, 11) is -3.36. The molecule has 3 aliphatic rings. The van der Waals surface area contributed by atoms with Gasteiger partial charge in [-0.1, -0.05) is 25.0 Å². The molecule has 1 aromatic carbocycles. The number of piperidine rings is 1. The van der Waals surface area contributed by atoms with Gasteiger partial charge in [0, 0.05) is 32.1 Å². The summed E-state index contributed by atoms with van der Waals surface area (Å²) < 4.78 is 26.8. The smallest absolute Gasteiger partial charge is 0.243 e. The van der Waals surface area contributed by atoms with Crippen LogP contribution in [0.4, 0.5) is 0 Å². The molecule has 1 aromatic rings. The summed E-state index contributed by atoms with van der Waals surface area (Å²) in [5.41, 5.74) is 1.03. The molecule has 3 fully saturated rings. The molecule has 0 aromatic heterocycles. The molecule has 6 heteroatoms. The first-order chi connectivity index (χ1) is 13.6. The van der Waals surface area contributed by atoms with Gasteiger partial charge in [-0.15, -0.1) is 0 Å². The van der Waals surface area contributed by atoms with E-state index >= 15 is 0 Å². The van der Waals surface area contributed by atoms with Crippen LogP contribution in [0.15, 0.2) is 29.2 Å². The Kier molecular flexibility index (Phi) is 6.07. The highest BCUT2D eigenvalue weighted by Crippen LogP contribution is 2.35. The molecule has 2 atom stereocenters. The number of nitrogens with zero attached hydrogens (tertiary/aromatic N) is 2. The first-order valence-electron chi connectivity index (χ1n) is 10.9. The molecule has 1 amide bonds. The minimum Gasteiger partial charge on any atom is -0.339 e. The van der Waals surface area contributed by atoms with Crippen molar-refractivity contribution in [3.8, 4) is 0 Å². The van der Waals surface area contributed by atoms with Crippen molar-refractivity contribution in [3.05, 3.63) is 29.8 Å². The van der Waals surface area contributed by atoms with E-state index in [9.17, 15) is 13.2 Å². The van der Waals surface area contributed by atoms with Gasteiger partial charge in [-0.3, -0.25) is 4.79 Å². The number of hydrogen-bond donors (Lipinski definition) is 0. The number of likely N-dealkylation sites (tertiary alicyclic amines) is 1. The van der Waals surface area contributed by atoms with Gasteiger partial charge < -0.3 is 4.90 Å². The van der Waals surface area contributed by atoms with Crippen molar-refractivity contribution in [1.29, 1.82) is 0 Å². The van der Waals surface area contributed by atoms with Gasteiger partial charge in [-0.05, 0) is 68.6 Å². The van der Waals surface area contributed by atoms with Crippen LogP contribution >= 0.6 is 0 Å². The second-order valence-electron chi connectivity index (χ2n) is 8.60. The fraction of sp³-hybridized carbons (Fsp3) is 0.682. The highest BCUT2D eigenvalue weighted by molar-refractivity contribution is 7.89. The van der Waals surface area contributed by atoms with E-state index in [0.717, 1.165) is 31.4 Å². The summed E-state index contributed by atoms with van der Waals surface area (Å²) in [5, 5.41) is 0. The maximum atomic E-state index is 12.8. The van der Waals surface area contributed by atoms with E-state index in [2.05, 4.69) is 4.90 Å². The molecule has 2 aliphatic heterocycles. The van der Waals surface area contributed by atoms with Crippen molar-refractivity contribution in [2.24, 2.45) is 5.92 Å². The Morgan fingerprint density at radius 1 is 0.893 bits per heavy atom. The van der Waals surface area contributed by atoms with E-state index < -0.39 is 10.0 Å². The van der Waals surface area contributed by atoms with Crippen molar-refractivity contribution in [2.45, 2.75) is 75.1 Å². The molecular formula is C22H32N2O3S. The normalized spacial score (nSPS) is 26.2. The molecule has 2 unspecified atom stereocenters. The van der Waals surface area contributed by atoms with Crippen LogP contribution in [0.25, 0.3) is 0 Å². The Balaban J connectivity index is 1.35. The standard InChI is InChI=1S/C22H32N2O3S/c25-22(24-17-5-7-19-6-1-2-8-21(19)24)14-11-18-9-12-20(13-10-18)28(26,27)23-15-3-4-16-23/h9-10,12-13,19,21H,1-8,11,14-17H2. The topological polar surface area (TPSA) is 57.7 Å². The Morgan fingerprint density at radius 3 is 2.32 bits per heavy atom. The summed E-state index contributed by atoms with van der Waals surface area (Å²) in [6.07, 6.45) is 10.5. The number of carbonyl (C=O) groups is 1. The molecule has 5 nitrogen and oxygen atoms in total. The zero-order chi connectivity index (χ0) is 19.6. The zero-order valence-corrected chi connectivity index (χ0v) is 17.5. The molecule has 4 rings (SSSR count). The lowest BCUT2D eigenvalue weighted by atomic mass is 9.78. The summed E-state index contributed by atoms with van der Waals surface area (Å²) >= 11 is 0. The van der Waals surface area contributed by atoms with Crippen molar-refractivity contribution in [2.75, 3.05) is 19.6 Å². The van der Waals surface area contributed by atoms with Crippen molar-refractivity contribution >= 4 is 15.9 Å². The number of amides is 1. The Labute approximate surface area is 169 Å². The van der Waals surface area contributed by atoms with E-state index in [0.29, 0.717) is 42.8 Å². The minimum absolute atomic E-state index is 0.269. The molecule has 0 bridgehead atoms. The van der Waals surface area contributed by atoms with Gasteiger partial charge >= 0.3 is 0 Å². The molecule has 0 N–H and O–H groups in total. The molecule has 1 aliphatic carbocycles. The van der Waals surface area contributed by atoms with Gasteiger partial charge in [-0.2, -0.15) is 4.31 Å². The van der Waals surface area contributed by atoms with Gasteiger partial charge in [0.1, 0.15) is 0 Å². The van der Waals surface area contributed by atoms with Crippen molar-refractivity contribution in [3.63, 3.8) is 0 Å². The second kappa shape index (κ2) is 8.54. The van der Waals surface area contributed by atoms with E-state index in [-0.39, 0.29) is 5.91 Å². The largest absolute Gasteiger partial charge is 0.339 e. The molecular weight excluding hydrogens is 372 g/mol. The molecule has 154 valence electrons. The third-order valence-electron chi connectivity index (χ3n) is 6.82. The zero-order valence-electron chi connectivity index (χ0n) is 16.7. The van der Waals surface area contributed by atoms with Crippen LogP contribution in [0.2, 0.25) is 0 Å². The SMILES string of the molecule is O=C(CCc1ccc(S(=O)(=O)N2CCCC2)cc1)N1CCCC2CCCCC21. The number of hydrogen-bond acceptors (Lipinski definition) is 3. The van der Waals surface area contributed by atoms with Gasteiger partial charge in [-0.25, -0.2) is 8.42 Å². The van der Waals surface area contributed by atoms with Crippen molar-refractivity contribution in [1.82, 2.24) is 9.21 Å². The monoisotopic (exact) mass is 404 g/mol. The Bertz CT molecular complexity index is 783. The fourth-order valence-electron chi connectivity index (χ4n) is 5.23. The van der Waals surface area contributed by atoms with Crippen LogP contribution in [0.3, 0.4) is 0 Å². The first kappa shape index (κ1) is 19.9. The Morgan fingerprint density at radius 2 is 1.57 bits per heavy atom. The number of aryl methyl sites for hydroxylation is 1. The average Bonchev–Trinajstić information content (AvgIpc) is 3.28. The summed E-state index contributed by atoms with van der Waals surface area (Å²) in [6, 6.07) is 7.60. The third kappa shape index (κ3) is 4.13. The Hall–Kier alpha value is -1.40. The predicted octanol–water partition coefficient (Wildman–Crippen LogP) is 3.58. The van der Waals surface area contributed by atoms with E-state index in [1.54, 1.807) is 16.4 Å². The lowest BCUT2D eigenvalue weighted by molar-refractivity contribution is -0.137. The lowest BCUT2D eigenvalue weighted by Gasteiger charge is -2.44. The van der Waals surface area contributed by atoms with Crippen LogP contribution in [0, 0.1) is 5.92 Å². The van der Waals surface area contributed by atoms with Crippen LogP contribution in [0.5, 0.6) is 0 Å². The first-order valence-corrected chi connectivity index (χ1v) is 12.4. The van der Waals surface area contributed by atoms with E-state index in [1.165, 1.54) is 32.1 Å². The fourth-order valence-corrected chi connectivity index (χ4v) is 6.75. The maximum absolute atomic E-state index is 12.8. The predicted molar refractivity (Wildman–Crippen MR) is 109 cm³/mol. The van der Waals surface area contributed by atoms with Gasteiger partial charge in [0.25, 0.3) is 0 Å². The molecule has 0 radical (unpaired) electrons. The van der Waals surface area contributed by atoms with Gasteiger partial charge in [0.05, 0.1) is 4.90 Å². The highest BCUT2D eigenvalue weighted by Gasteiger charge is 2.35. The van der Waals surface area contributed by atoms with E-state index in [1.807, 2.05) is 12.1 Å². The number of rotatable bonds is 5. The molecule has 2 heterocycles. The molecule has 28 heavy (non-hydrogen) atoms.